The van der Waals surface area contributed by atoms with Gasteiger partial charge in [-0.05, 0) is 37.1 Å². The maximum Gasteiger partial charge on any atom is 0.262 e. The van der Waals surface area contributed by atoms with Crippen molar-refractivity contribution in [3.05, 3.63) is 105 Å². The highest BCUT2D eigenvalue weighted by atomic mass is 35.5. The van der Waals surface area contributed by atoms with Crippen LogP contribution in [0.4, 0.5) is 0 Å². The van der Waals surface area contributed by atoms with Crippen molar-refractivity contribution in [2.45, 2.75) is 45.0 Å². The van der Waals surface area contributed by atoms with E-state index in [1.165, 1.54) is 4.40 Å². The van der Waals surface area contributed by atoms with Gasteiger partial charge in [0.05, 0.1) is 29.0 Å². The molecular weight excluding hydrogens is 651 g/mol. The summed E-state index contributed by atoms with van der Waals surface area (Å²) in [4.78, 5) is 33.8. The third-order valence-corrected chi connectivity index (χ3v) is 9.15. The second-order valence-electron chi connectivity index (χ2n) is 11.8. The fourth-order valence-electron chi connectivity index (χ4n) is 5.86. The third-order valence-electron chi connectivity index (χ3n) is 8.33. The van der Waals surface area contributed by atoms with E-state index in [1.807, 2.05) is 60.7 Å². The van der Waals surface area contributed by atoms with Gasteiger partial charge in [-0.3, -0.25) is 14.0 Å². The number of carbonyl (C=O) groups is 1. The number of ether oxygens (including phenoxy) is 1. The van der Waals surface area contributed by atoms with Crippen LogP contribution in [-0.4, -0.2) is 57.7 Å². The van der Waals surface area contributed by atoms with E-state index in [9.17, 15) is 14.7 Å². The van der Waals surface area contributed by atoms with Crippen molar-refractivity contribution in [3.8, 4) is 39.4 Å². The molecule has 3 aromatic heterocycles. The van der Waals surface area contributed by atoms with E-state index < -0.39 is 6.10 Å². The van der Waals surface area contributed by atoms with Crippen LogP contribution in [0.1, 0.15) is 30.9 Å². The molecule has 12 heteroatoms. The quantitative estimate of drug-likeness (QED) is 0.140. The van der Waals surface area contributed by atoms with E-state index in [0.717, 1.165) is 39.8 Å². The Hall–Kier alpha value is -4.32. The maximum atomic E-state index is 13.1. The number of rotatable bonds is 12. The van der Waals surface area contributed by atoms with Crippen molar-refractivity contribution in [1.82, 2.24) is 30.3 Å². The highest BCUT2D eigenvalue weighted by Crippen LogP contribution is 2.42. The van der Waals surface area contributed by atoms with E-state index in [-0.39, 0.29) is 17.5 Å². The molecule has 4 heterocycles. The molecule has 1 saturated heterocycles. The molecule has 10 nitrogen and oxygen atoms in total. The minimum absolute atomic E-state index is 0.0925. The van der Waals surface area contributed by atoms with Gasteiger partial charge in [0.1, 0.15) is 5.65 Å². The van der Waals surface area contributed by atoms with Crippen LogP contribution in [0.15, 0.2) is 77.9 Å². The molecule has 5 aromatic rings. The standard InChI is InChI=1S/C36H36Cl2N6O4/c1-21(45)16-39-18-24-19-41-31-15-22(13-14-44(31)36(24)47)26-5-3-6-27(33(26)37)28-7-4-8-29(34(28)38)30-11-9-23(35(43-30)48-2)17-40-20-25-10-12-32(46)42-25/h3-9,11,13-15,19,21,25,39-40,45H,10,12,16-18,20H2,1-2H3,(H,42,46)/t21-,25+/m1/s1. The van der Waals surface area contributed by atoms with E-state index in [2.05, 4.69) is 20.9 Å². The molecule has 2 atom stereocenters. The third kappa shape index (κ3) is 7.23. The Labute approximate surface area is 288 Å². The number of aliphatic hydroxyl groups is 1. The van der Waals surface area contributed by atoms with Crippen LogP contribution in [0, 0.1) is 0 Å². The lowest BCUT2D eigenvalue weighted by atomic mass is 9.97. The van der Waals surface area contributed by atoms with Gasteiger partial charge in [-0.25, -0.2) is 9.97 Å². The first kappa shape index (κ1) is 33.6. The molecule has 0 spiro atoms. The number of hydrogen-bond acceptors (Lipinski definition) is 8. The van der Waals surface area contributed by atoms with Crippen molar-refractivity contribution in [1.29, 1.82) is 0 Å². The number of nitrogens with zero attached hydrogens (tertiary/aromatic N) is 3. The van der Waals surface area contributed by atoms with Crippen molar-refractivity contribution in [2.24, 2.45) is 0 Å². The summed E-state index contributed by atoms with van der Waals surface area (Å²) in [6.07, 6.45) is 4.13. The zero-order valence-electron chi connectivity index (χ0n) is 26.6. The zero-order valence-corrected chi connectivity index (χ0v) is 28.1. The lowest BCUT2D eigenvalue weighted by Crippen LogP contribution is -2.35. The van der Waals surface area contributed by atoms with Crippen LogP contribution in [0.2, 0.25) is 10.0 Å². The summed E-state index contributed by atoms with van der Waals surface area (Å²) in [5, 5.41) is 19.9. The number of halogens is 2. The first-order valence-corrected chi connectivity index (χ1v) is 16.5. The highest BCUT2D eigenvalue weighted by molar-refractivity contribution is 6.39. The van der Waals surface area contributed by atoms with Gasteiger partial charge in [-0.2, -0.15) is 0 Å². The normalized spacial score (nSPS) is 15.1. The average molecular weight is 688 g/mol. The molecule has 1 amide bonds. The first-order chi connectivity index (χ1) is 23.2. The Morgan fingerprint density at radius 3 is 2.40 bits per heavy atom. The minimum Gasteiger partial charge on any atom is -0.481 e. The molecule has 2 aromatic carbocycles. The summed E-state index contributed by atoms with van der Waals surface area (Å²) in [6.45, 7) is 3.58. The second-order valence-corrected chi connectivity index (χ2v) is 12.6. The zero-order chi connectivity index (χ0) is 33.8. The Morgan fingerprint density at radius 2 is 1.69 bits per heavy atom. The fraction of sp³-hybridized carbons (Fsp3) is 0.278. The largest absolute Gasteiger partial charge is 0.481 e. The van der Waals surface area contributed by atoms with E-state index >= 15 is 0 Å². The van der Waals surface area contributed by atoms with Gasteiger partial charge >= 0.3 is 0 Å². The summed E-state index contributed by atoms with van der Waals surface area (Å²) in [5.41, 5.74) is 6.15. The Balaban J connectivity index is 1.25. The minimum atomic E-state index is -0.513. The van der Waals surface area contributed by atoms with E-state index in [1.54, 1.807) is 26.4 Å². The highest BCUT2D eigenvalue weighted by Gasteiger charge is 2.21. The van der Waals surface area contributed by atoms with Crippen LogP contribution in [-0.2, 0) is 17.9 Å². The molecule has 1 aliphatic heterocycles. The lowest BCUT2D eigenvalue weighted by Gasteiger charge is -2.16. The van der Waals surface area contributed by atoms with Crippen molar-refractivity contribution >= 4 is 34.8 Å². The molecule has 248 valence electrons. The van der Waals surface area contributed by atoms with Crippen molar-refractivity contribution in [2.75, 3.05) is 20.2 Å². The number of nitrogens with one attached hydrogen (secondary N) is 3. The predicted octanol–water partition coefficient (Wildman–Crippen LogP) is 5.24. The Morgan fingerprint density at radius 1 is 0.979 bits per heavy atom. The lowest BCUT2D eigenvalue weighted by molar-refractivity contribution is -0.119. The van der Waals surface area contributed by atoms with Crippen LogP contribution < -0.4 is 26.2 Å². The number of aromatic nitrogens is 3. The second kappa shape index (κ2) is 14.8. The summed E-state index contributed by atoms with van der Waals surface area (Å²) < 4.78 is 7.13. The molecule has 1 fully saturated rings. The summed E-state index contributed by atoms with van der Waals surface area (Å²) >= 11 is 14.1. The Bertz CT molecular complexity index is 2030. The predicted molar refractivity (Wildman–Crippen MR) is 188 cm³/mol. The summed E-state index contributed by atoms with van der Waals surface area (Å²) in [6, 6.07) is 19.2. The van der Waals surface area contributed by atoms with Gasteiger partial charge in [0.25, 0.3) is 5.56 Å². The monoisotopic (exact) mass is 686 g/mol. The van der Waals surface area contributed by atoms with Gasteiger partial charge in [0.15, 0.2) is 0 Å². The summed E-state index contributed by atoms with van der Waals surface area (Å²) in [7, 11) is 1.59. The molecule has 6 rings (SSSR count). The SMILES string of the molecule is COc1nc(-c2cccc(-c3cccc(-c4ccn5c(=O)c(CNC[C@@H](C)O)cnc5c4)c3Cl)c2Cl)ccc1CNC[C@@H]1CCC(=O)N1. The van der Waals surface area contributed by atoms with Gasteiger partial charge in [0.2, 0.25) is 11.8 Å². The smallest absolute Gasteiger partial charge is 0.262 e. The number of methoxy groups -OCH3 is 1. The molecule has 1 aliphatic rings. The van der Waals surface area contributed by atoms with Gasteiger partial charge in [-0.15, -0.1) is 0 Å². The number of amides is 1. The van der Waals surface area contributed by atoms with E-state index in [4.69, 9.17) is 32.9 Å². The molecule has 0 aliphatic carbocycles. The molecular formula is C36H36Cl2N6O4. The van der Waals surface area contributed by atoms with Crippen LogP contribution >= 0.6 is 23.2 Å². The number of aliphatic hydroxyl groups excluding tert-OH is 1. The van der Waals surface area contributed by atoms with Gasteiger partial charge in [0, 0.05) is 84.4 Å². The maximum absolute atomic E-state index is 13.1. The van der Waals surface area contributed by atoms with Gasteiger partial charge in [-0.1, -0.05) is 65.7 Å². The number of benzene rings is 2. The first-order valence-electron chi connectivity index (χ1n) is 15.7. The average Bonchev–Trinajstić information content (AvgIpc) is 3.50. The number of fused-ring (bicyclic) bond motifs is 1. The number of pyridine rings is 2. The number of hydrogen-bond donors (Lipinski definition) is 4. The molecule has 0 saturated carbocycles. The molecule has 0 bridgehead atoms. The van der Waals surface area contributed by atoms with E-state index in [0.29, 0.717) is 65.4 Å². The molecule has 48 heavy (non-hydrogen) atoms. The molecule has 4 N–H and O–H groups in total. The topological polar surface area (TPSA) is 130 Å². The molecule has 0 unspecified atom stereocenters. The van der Waals surface area contributed by atoms with Crippen molar-refractivity contribution in [3.63, 3.8) is 0 Å². The van der Waals surface area contributed by atoms with Crippen LogP contribution in [0.3, 0.4) is 0 Å². The van der Waals surface area contributed by atoms with Crippen molar-refractivity contribution < 1.29 is 14.6 Å². The Kier molecular flexibility index (Phi) is 10.4. The fourth-order valence-corrected chi connectivity index (χ4v) is 6.52. The van der Waals surface area contributed by atoms with Crippen LogP contribution in [0.5, 0.6) is 5.88 Å². The van der Waals surface area contributed by atoms with Crippen LogP contribution in [0.25, 0.3) is 39.2 Å². The number of carbonyl (C=O) groups excluding carboxylic acids is 1. The van der Waals surface area contributed by atoms with Gasteiger partial charge < -0.3 is 25.8 Å². The molecule has 0 radical (unpaired) electrons. The summed E-state index contributed by atoms with van der Waals surface area (Å²) in [5.74, 6) is 0.582.